The Labute approximate surface area is 105 Å². The van der Waals surface area contributed by atoms with Crippen molar-refractivity contribution in [3.05, 3.63) is 46.2 Å². The van der Waals surface area contributed by atoms with Crippen LogP contribution in [-0.4, -0.2) is 4.98 Å². The first-order valence-corrected chi connectivity index (χ1v) is 6.59. The molecule has 0 aliphatic rings. The van der Waals surface area contributed by atoms with Crippen LogP contribution in [0.2, 0.25) is 0 Å². The monoisotopic (exact) mass is 301 g/mol. The minimum Gasteiger partial charge on any atom is -0.486 e. The highest BCUT2D eigenvalue weighted by Crippen LogP contribution is 2.18. The van der Waals surface area contributed by atoms with E-state index in [0.29, 0.717) is 12.4 Å². The van der Waals surface area contributed by atoms with Gasteiger partial charge in [0.25, 0.3) is 0 Å². The van der Waals surface area contributed by atoms with Crippen LogP contribution in [0.25, 0.3) is 0 Å². The van der Waals surface area contributed by atoms with Crippen molar-refractivity contribution < 1.29 is 9.13 Å². The molecule has 0 radical (unpaired) electrons. The number of benzene rings is 1. The molecule has 0 spiro atoms. The van der Waals surface area contributed by atoms with Gasteiger partial charge in [0, 0.05) is 16.4 Å². The van der Waals surface area contributed by atoms with Crippen LogP contribution < -0.4 is 4.74 Å². The first-order valence-electron chi connectivity index (χ1n) is 4.66. The van der Waals surface area contributed by atoms with Crippen LogP contribution in [0.5, 0.6) is 5.75 Å². The van der Waals surface area contributed by atoms with Gasteiger partial charge in [-0.1, -0.05) is 15.9 Å². The lowest BCUT2D eigenvalue weighted by atomic mass is 10.3. The molecule has 0 N–H and O–H groups in total. The fourth-order valence-electron chi connectivity index (χ4n) is 1.15. The Hall–Kier alpha value is -0.940. The zero-order chi connectivity index (χ0) is 11.4. The molecule has 2 nitrogen and oxygen atoms in total. The Kier molecular flexibility index (Phi) is 3.90. The number of alkyl halides is 1. The van der Waals surface area contributed by atoms with E-state index in [1.165, 1.54) is 12.1 Å². The second-order valence-corrected chi connectivity index (χ2v) is 4.86. The van der Waals surface area contributed by atoms with Crippen molar-refractivity contribution in [1.29, 1.82) is 0 Å². The fourth-order valence-corrected chi connectivity index (χ4v) is 2.33. The molecule has 1 aromatic carbocycles. The third-order valence-corrected chi connectivity index (χ3v) is 3.86. The van der Waals surface area contributed by atoms with Crippen LogP contribution in [0.1, 0.15) is 9.88 Å². The molecule has 0 saturated heterocycles. The minimum absolute atomic E-state index is 0.261. The smallest absolute Gasteiger partial charge is 0.140 e. The largest absolute Gasteiger partial charge is 0.486 e. The van der Waals surface area contributed by atoms with Gasteiger partial charge in [-0.3, -0.25) is 0 Å². The summed E-state index contributed by atoms with van der Waals surface area (Å²) in [6.45, 7) is 0.420. The number of aromatic nitrogens is 1. The summed E-state index contributed by atoms with van der Waals surface area (Å²) in [5, 5.41) is 1.72. The first-order chi connectivity index (χ1) is 7.78. The molecule has 0 atom stereocenters. The summed E-state index contributed by atoms with van der Waals surface area (Å²) in [5.74, 6) is 0.389. The lowest BCUT2D eigenvalue weighted by Gasteiger charge is -2.02. The molecule has 84 valence electrons. The van der Waals surface area contributed by atoms with E-state index in [9.17, 15) is 4.39 Å². The normalized spacial score (nSPS) is 10.4. The quantitative estimate of drug-likeness (QED) is 0.802. The Morgan fingerprint density at radius 1 is 1.31 bits per heavy atom. The Balaban J connectivity index is 1.94. The number of halogens is 2. The van der Waals surface area contributed by atoms with E-state index in [1.54, 1.807) is 23.5 Å². The molecule has 0 saturated carbocycles. The number of nitrogens with zero attached hydrogens (tertiary/aromatic N) is 1. The summed E-state index contributed by atoms with van der Waals surface area (Å²) < 4.78 is 18.1. The van der Waals surface area contributed by atoms with Crippen molar-refractivity contribution in [2.24, 2.45) is 0 Å². The van der Waals surface area contributed by atoms with Crippen LogP contribution in [0.3, 0.4) is 0 Å². The molecule has 0 unspecified atom stereocenters. The maximum Gasteiger partial charge on any atom is 0.140 e. The number of ether oxygens (including phenoxy) is 1. The molecule has 0 aliphatic carbocycles. The summed E-state index contributed by atoms with van der Waals surface area (Å²) in [6.07, 6.45) is 1.82. The van der Waals surface area contributed by atoms with E-state index in [4.69, 9.17) is 4.74 Å². The van der Waals surface area contributed by atoms with Gasteiger partial charge < -0.3 is 4.74 Å². The van der Waals surface area contributed by atoms with Crippen molar-refractivity contribution in [3.63, 3.8) is 0 Å². The third kappa shape index (κ3) is 3.02. The molecule has 5 heteroatoms. The van der Waals surface area contributed by atoms with E-state index in [1.807, 2.05) is 6.20 Å². The molecule has 0 amide bonds. The summed E-state index contributed by atoms with van der Waals surface area (Å²) >= 11 is 4.96. The SMILES string of the molecule is Fc1ccc(OCc2ncc(CBr)s2)cc1. The van der Waals surface area contributed by atoms with E-state index in [2.05, 4.69) is 20.9 Å². The van der Waals surface area contributed by atoms with Crippen LogP contribution >= 0.6 is 27.3 Å². The van der Waals surface area contributed by atoms with Gasteiger partial charge in [0.15, 0.2) is 0 Å². The van der Waals surface area contributed by atoms with Crippen molar-refractivity contribution >= 4 is 27.3 Å². The van der Waals surface area contributed by atoms with Crippen molar-refractivity contribution in [2.45, 2.75) is 11.9 Å². The van der Waals surface area contributed by atoms with Gasteiger partial charge in [0.2, 0.25) is 0 Å². The molecule has 0 bridgehead atoms. The third-order valence-electron chi connectivity index (χ3n) is 1.91. The Morgan fingerprint density at radius 3 is 2.69 bits per heavy atom. The van der Waals surface area contributed by atoms with Gasteiger partial charge in [0.05, 0.1) is 0 Å². The highest BCUT2D eigenvalue weighted by Gasteiger charge is 2.02. The van der Waals surface area contributed by atoms with Gasteiger partial charge in [-0.25, -0.2) is 9.37 Å². The maximum absolute atomic E-state index is 12.6. The Morgan fingerprint density at radius 2 is 2.06 bits per heavy atom. The van der Waals surface area contributed by atoms with Gasteiger partial charge in [-0.2, -0.15) is 0 Å². The number of hydrogen-bond donors (Lipinski definition) is 0. The standard InChI is InChI=1S/C11H9BrFNOS/c12-5-10-6-14-11(16-10)7-15-9-3-1-8(13)2-4-9/h1-4,6H,5,7H2. The summed E-state index contributed by atoms with van der Waals surface area (Å²) in [6, 6.07) is 5.96. The number of rotatable bonds is 4. The lowest BCUT2D eigenvalue weighted by molar-refractivity contribution is 0.305. The second-order valence-electron chi connectivity index (χ2n) is 3.10. The van der Waals surface area contributed by atoms with Crippen LogP contribution in [0.4, 0.5) is 4.39 Å². The van der Waals surface area contributed by atoms with Gasteiger partial charge in [-0.15, -0.1) is 11.3 Å². The van der Waals surface area contributed by atoms with Crippen molar-refractivity contribution in [1.82, 2.24) is 4.98 Å². The van der Waals surface area contributed by atoms with Crippen LogP contribution in [-0.2, 0) is 11.9 Å². The van der Waals surface area contributed by atoms with Crippen LogP contribution in [0, 0.1) is 5.82 Å². The number of hydrogen-bond acceptors (Lipinski definition) is 3. The molecule has 1 aromatic heterocycles. The van der Waals surface area contributed by atoms with Crippen molar-refractivity contribution in [3.8, 4) is 5.75 Å². The van der Waals surface area contributed by atoms with Crippen LogP contribution in [0.15, 0.2) is 30.5 Å². The molecular weight excluding hydrogens is 293 g/mol. The maximum atomic E-state index is 12.6. The van der Waals surface area contributed by atoms with Gasteiger partial charge in [0.1, 0.15) is 23.2 Å². The molecule has 0 fully saturated rings. The molecular formula is C11H9BrFNOS. The summed E-state index contributed by atoms with van der Waals surface area (Å²) in [7, 11) is 0. The molecule has 0 aliphatic heterocycles. The first kappa shape index (κ1) is 11.5. The molecule has 16 heavy (non-hydrogen) atoms. The average molecular weight is 302 g/mol. The van der Waals surface area contributed by atoms with Crippen molar-refractivity contribution in [2.75, 3.05) is 0 Å². The molecule has 2 aromatic rings. The predicted octanol–water partition coefficient (Wildman–Crippen LogP) is 3.76. The topological polar surface area (TPSA) is 22.1 Å². The van der Waals surface area contributed by atoms with E-state index >= 15 is 0 Å². The fraction of sp³-hybridized carbons (Fsp3) is 0.182. The highest BCUT2D eigenvalue weighted by atomic mass is 79.9. The second kappa shape index (κ2) is 5.41. The minimum atomic E-state index is -0.261. The number of thiazole rings is 1. The predicted molar refractivity (Wildman–Crippen MR) is 65.5 cm³/mol. The lowest BCUT2D eigenvalue weighted by Crippen LogP contribution is -1.94. The highest BCUT2D eigenvalue weighted by molar-refractivity contribution is 9.08. The summed E-state index contributed by atoms with van der Waals surface area (Å²) in [4.78, 5) is 5.37. The Bertz CT molecular complexity index is 457. The van der Waals surface area contributed by atoms with Gasteiger partial charge in [-0.05, 0) is 24.3 Å². The van der Waals surface area contributed by atoms with E-state index in [0.717, 1.165) is 15.2 Å². The van der Waals surface area contributed by atoms with Gasteiger partial charge >= 0.3 is 0 Å². The molecule has 2 rings (SSSR count). The summed E-state index contributed by atoms with van der Waals surface area (Å²) in [5.41, 5.74) is 0. The zero-order valence-corrected chi connectivity index (χ0v) is 10.7. The zero-order valence-electron chi connectivity index (χ0n) is 8.32. The van der Waals surface area contributed by atoms with E-state index < -0.39 is 0 Å². The average Bonchev–Trinajstić information content (AvgIpc) is 2.76. The van der Waals surface area contributed by atoms with E-state index in [-0.39, 0.29) is 5.82 Å². The molecule has 1 heterocycles.